The van der Waals surface area contributed by atoms with Gasteiger partial charge in [-0.05, 0) is 62.2 Å². The van der Waals surface area contributed by atoms with Crippen molar-refractivity contribution in [3.63, 3.8) is 0 Å². The zero-order valence-electron chi connectivity index (χ0n) is 20.2. The third-order valence-corrected chi connectivity index (χ3v) is 6.19. The number of benzene rings is 2. The third kappa shape index (κ3) is 8.20. The van der Waals surface area contributed by atoms with Gasteiger partial charge in [0.2, 0.25) is 10.0 Å². The van der Waals surface area contributed by atoms with Crippen molar-refractivity contribution in [2.45, 2.75) is 38.9 Å². The number of halogens is 3. The fraction of sp³-hybridized carbons (Fsp3) is 0.360. The van der Waals surface area contributed by atoms with Crippen LogP contribution in [0.25, 0.3) is 11.3 Å². The Labute approximate surface area is 209 Å². The van der Waals surface area contributed by atoms with Gasteiger partial charge in [0.1, 0.15) is 5.82 Å². The molecule has 2 aromatic carbocycles. The normalized spacial score (nSPS) is 14.6. The minimum Gasteiger partial charge on any atom is -0.382 e. The van der Waals surface area contributed by atoms with E-state index in [0.717, 1.165) is 24.9 Å². The van der Waals surface area contributed by atoms with Crippen LogP contribution in [0.15, 0.2) is 54.6 Å². The number of likely N-dealkylation sites (tertiary alicyclic amines) is 1. The van der Waals surface area contributed by atoms with E-state index in [4.69, 9.17) is 5.73 Å². The highest BCUT2D eigenvalue weighted by Crippen LogP contribution is 2.36. The predicted octanol–water partition coefficient (Wildman–Crippen LogP) is 5.10. The Morgan fingerprint density at radius 1 is 1.00 bits per heavy atom. The zero-order chi connectivity index (χ0) is 26.3. The van der Waals surface area contributed by atoms with Crippen molar-refractivity contribution in [3.8, 4) is 11.3 Å². The standard InChI is InChI=1S/C13H13F3N4O2S.C12H17N/c1-7-5-11(17)18-19-12(7)9-4-3-8(13(14,15)16)6-10(9)20-23(2,21)22;1-3-7-12(8-4-1)11-13-9-5-2-6-10-13/h3-6,20H,1-2H3,(H2,17,18);1,3-4,7-8H,2,5-6,9-11H2. The number of hydrogen-bond donors (Lipinski definition) is 2. The molecule has 0 aliphatic carbocycles. The molecular weight excluding hydrogens is 491 g/mol. The number of hydrogen-bond acceptors (Lipinski definition) is 6. The van der Waals surface area contributed by atoms with E-state index >= 15 is 0 Å². The van der Waals surface area contributed by atoms with Gasteiger partial charge in [0.15, 0.2) is 0 Å². The molecule has 1 aliphatic heterocycles. The van der Waals surface area contributed by atoms with Crippen LogP contribution in [0.3, 0.4) is 0 Å². The van der Waals surface area contributed by atoms with Gasteiger partial charge in [0.05, 0.1) is 23.2 Å². The summed E-state index contributed by atoms with van der Waals surface area (Å²) in [5.74, 6) is 0.149. The molecule has 3 aromatic rings. The summed E-state index contributed by atoms with van der Waals surface area (Å²) in [5, 5.41) is 7.49. The summed E-state index contributed by atoms with van der Waals surface area (Å²) in [7, 11) is -3.78. The summed E-state index contributed by atoms with van der Waals surface area (Å²) >= 11 is 0. The Hall–Kier alpha value is -3.18. The molecule has 0 radical (unpaired) electrons. The van der Waals surface area contributed by atoms with Gasteiger partial charge in [-0.3, -0.25) is 9.62 Å². The van der Waals surface area contributed by atoms with Crippen LogP contribution in [0.2, 0.25) is 0 Å². The van der Waals surface area contributed by atoms with E-state index in [0.29, 0.717) is 11.6 Å². The van der Waals surface area contributed by atoms with Crippen LogP contribution >= 0.6 is 0 Å². The second kappa shape index (κ2) is 11.7. The largest absolute Gasteiger partial charge is 0.416 e. The van der Waals surface area contributed by atoms with Crippen LogP contribution in [0.5, 0.6) is 0 Å². The molecular formula is C25H30F3N5O2S. The first-order valence-electron chi connectivity index (χ1n) is 11.5. The number of anilines is 2. The van der Waals surface area contributed by atoms with Crippen LogP contribution in [-0.2, 0) is 22.7 Å². The van der Waals surface area contributed by atoms with Gasteiger partial charge in [-0.25, -0.2) is 8.42 Å². The maximum absolute atomic E-state index is 12.8. The van der Waals surface area contributed by atoms with Gasteiger partial charge >= 0.3 is 6.18 Å². The molecule has 0 unspecified atom stereocenters. The molecule has 11 heteroatoms. The molecule has 1 fully saturated rings. The minimum absolute atomic E-state index is 0.149. The summed E-state index contributed by atoms with van der Waals surface area (Å²) in [4.78, 5) is 2.55. The molecule has 7 nitrogen and oxygen atoms in total. The zero-order valence-corrected chi connectivity index (χ0v) is 21.0. The fourth-order valence-corrected chi connectivity index (χ4v) is 4.51. The number of nitrogens with one attached hydrogen (secondary N) is 1. The molecule has 0 amide bonds. The number of piperidine rings is 1. The van der Waals surface area contributed by atoms with E-state index in [2.05, 4.69) is 50.2 Å². The molecule has 1 aromatic heterocycles. The lowest BCUT2D eigenvalue weighted by Crippen LogP contribution is -2.28. The van der Waals surface area contributed by atoms with E-state index < -0.39 is 21.8 Å². The van der Waals surface area contributed by atoms with Gasteiger partial charge in [-0.2, -0.15) is 13.2 Å². The number of nitrogens with zero attached hydrogens (tertiary/aromatic N) is 3. The van der Waals surface area contributed by atoms with E-state index in [1.165, 1.54) is 44.0 Å². The van der Waals surface area contributed by atoms with Gasteiger partial charge < -0.3 is 5.73 Å². The average molecular weight is 522 g/mol. The van der Waals surface area contributed by atoms with Crippen LogP contribution in [0.4, 0.5) is 24.7 Å². The van der Waals surface area contributed by atoms with Crippen LogP contribution in [-0.4, -0.2) is 42.9 Å². The average Bonchev–Trinajstić information content (AvgIpc) is 2.80. The molecule has 0 spiro atoms. The number of rotatable bonds is 5. The highest BCUT2D eigenvalue weighted by atomic mass is 32.2. The van der Waals surface area contributed by atoms with Crippen LogP contribution < -0.4 is 10.5 Å². The molecule has 3 N–H and O–H groups in total. The Morgan fingerprint density at radius 3 is 2.25 bits per heavy atom. The maximum Gasteiger partial charge on any atom is 0.416 e. The molecule has 0 bridgehead atoms. The topological polar surface area (TPSA) is 101 Å². The quantitative estimate of drug-likeness (QED) is 0.485. The number of sulfonamides is 1. The van der Waals surface area contributed by atoms with E-state index in [1.807, 2.05) is 0 Å². The van der Waals surface area contributed by atoms with Crippen molar-refractivity contribution in [3.05, 3.63) is 71.3 Å². The Bertz CT molecular complexity index is 1260. The molecule has 1 saturated heterocycles. The van der Waals surface area contributed by atoms with E-state index in [1.54, 1.807) is 6.92 Å². The number of aromatic nitrogens is 2. The monoisotopic (exact) mass is 521 g/mol. The number of nitrogen functional groups attached to an aromatic ring is 1. The van der Waals surface area contributed by atoms with Gasteiger partial charge in [0, 0.05) is 12.1 Å². The Balaban J connectivity index is 0.000000233. The summed E-state index contributed by atoms with van der Waals surface area (Å²) < 4.78 is 63.5. The first kappa shape index (κ1) is 27.4. The van der Waals surface area contributed by atoms with Crippen LogP contribution in [0, 0.1) is 6.92 Å². The van der Waals surface area contributed by atoms with Crippen LogP contribution in [0.1, 0.15) is 36.0 Å². The number of alkyl halides is 3. The number of nitrogens with two attached hydrogens (primary N) is 1. The highest BCUT2D eigenvalue weighted by molar-refractivity contribution is 7.92. The van der Waals surface area contributed by atoms with Crippen molar-refractivity contribution < 1.29 is 21.6 Å². The van der Waals surface area contributed by atoms with Crippen molar-refractivity contribution in [2.24, 2.45) is 0 Å². The minimum atomic E-state index is -4.60. The van der Waals surface area contributed by atoms with Crippen molar-refractivity contribution >= 4 is 21.5 Å². The van der Waals surface area contributed by atoms with Crippen molar-refractivity contribution in [2.75, 3.05) is 29.8 Å². The Morgan fingerprint density at radius 2 is 1.67 bits per heavy atom. The van der Waals surface area contributed by atoms with Gasteiger partial charge in [-0.15, -0.1) is 10.2 Å². The first-order chi connectivity index (χ1) is 16.9. The summed E-state index contributed by atoms with van der Waals surface area (Å²) in [6, 6.07) is 15.0. The highest BCUT2D eigenvalue weighted by Gasteiger charge is 2.31. The molecule has 1 aliphatic rings. The van der Waals surface area contributed by atoms with Crippen molar-refractivity contribution in [1.82, 2.24) is 15.1 Å². The summed E-state index contributed by atoms with van der Waals surface area (Å²) in [5.41, 5.74) is 6.69. The fourth-order valence-electron chi connectivity index (χ4n) is 3.94. The van der Waals surface area contributed by atoms with Crippen molar-refractivity contribution in [1.29, 1.82) is 0 Å². The smallest absolute Gasteiger partial charge is 0.382 e. The maximum atomic E-state index is 12.8. The summed E-state index contributed by atoms with van der Waals surface area (Å²) in [6.45, 7) is 5.35. The SMILES string of the molecule is Cc1cc(N)nnc1-c1ccc(C(F)(F)F)cc1NS(C)(=O)=O.c1ccc(CN2CCCCC2)cc1. The first-order valence-corrected chi connectivity index (χ1v) is 13.4. The Kier molecular flexibility index (Phi) is 8.91. The molecule has 36 heavy (non-hydrogen) atoms. The molecule has 2 heterocycles. The lowest BCUT2D eigenvalue weighted by Gasteiger charge is -2.26. The van der Waals surface area contributed by atoms with E-state index in [9.17, 15) is 21.6 Å². The molecule has 0 atom stereocenters. The summed E-state index contributed by atoms with van der Waals surface area (Å²) in [6.07, 6.45) is 0.428. The number of aryl methyl sites for hydroxylation is 1. The lowest BCUT2D eigenvalue weighted by molar-refractivity contribution is -0.137. The lowest BCUT2D eigenvalue weighted by atomic mass is 10.0. The van der Waals surface area contributed by atoms with Gasteiger partial charge in [0.25, 0.3) is 0 Å². The van der Waals surface area contributed by atoms with Gasteiger partial charge in [-0.1, -0.05) is 42.8 Å². The molecule has 0 saturated carbocycles. The molecule has 4 rings (SSSR count). The molecule has 194 valence electrons. The van der Waals surface area contributed by atoms with E-state index in [-0.39, 0.29) is 22.8 Å². The third-order valence-electron chi connectivity index (χ3n) is 5.60. The second-order valence-electron chi connectivity index (χ2n) is 8.76. The predicted molar refractivity (Wildman–Crippen MR) is 136 cm³/mol. The second-order valence-corrected chi connectivity index (χ2v) is 10.5.